The van der Waals surface area contributed by atoms with Gasteiger partial charge in [0.2, 0.25) is 0 Å². The lowest BCUT2D eigenvalue weighted by Gasteiger charge is -2.12. The smallest absolute Gasteiger partial charge is 0.342 e. The minimum absolute atomic E-state index is 0.0115. The van der Waals surface area contributed by atoms with Gasteiger partial charge in [-0.3, -0.25) is 4.79 Å². The molecule has 1 aromatic heterocycles. The summed E-state index contributed by atoms with van der Waals surface area (Å²) in [4.78, 5) is 26.0. The Hall–Kier alpha value is -4.10. The highest BCUT2D eigenvalue weighted by Gasteiger charge is 2.26. The molecule has 0 unspecified atom stereocenters. The maximum atomic E-state index is 13.3. The topological polar surface area (TPSA) is 96.2 Å². The normalized spacial score (nSPS) is 13.4. The van der Waals surface area contributed by atoms with E-state index in [0.717, 1.165) is 42.5 Å². The molecule has 0 radical (unpaired) electrons. The summed E-state index contributed by atoms with van der Waals surface area (Å²) in [7, 11) is 0. The number of aromatic nitrogens is 2. The molecule has 0 atom stereocenters. The molecular formula is C30H29ClN4O3. The lowest BCUT2D eigenvalue weighted by atomic mass is 10.0. The largest absolute Gasteiger partial charge is 0.507 e. The third-order valence-corrected chi connectivity index (χ3v) is 7.30. The van der Waals surface area contributed by atoms with Gasteiger partial charge in [0.1, 0.15) is 5.75 Å². The molecule has 7 nitrogen and oxygen atoms in total. The van der Waals surface area contributed by atoms with E-state index in [1.807, 2.05) is 43.3 Å². The summed E-state index contributed by atoms with van der Waals surface area (Å²) in [5, 5.41) is 21.7. The van der Waals surface area contributed by atoms with Crippen LogP contribution in [0.2, 0.25) is 5.02 Å². The Morgan fingerprint density at radius 2 is 1.76 bits per heavy atom. The molecule has 8 heteroatoms. The van der Waals surface area contributed by atoms with Crippen molar-refractivity contribution in [2.24, 2.45) is 0 Å². The summed E-state index contributed by atoms with van der Waals surface area (Å²) >= 11 is 6.26. The van der Waals surface area contributed by atoms with Crippen molar-refractivity contribution in [1.29, 1.82) is 0 Å². The first-order chi connectivity index (χ1) is 18.4. The summed E-state index contributed by atoms with van der Waals surface area (Å²) < 4.78 is 1.40. The average Bonchev–Trinajstić information content (AvgIpc) is 3.60. The average molecular weight is 529 g/mol. The second-order valence-corrected chi connectivity index (χ2v) is 10.1. The van der Waals surface area contributed by atoms with Crippen LogP contribution in [0.4, 0.5) is 10.5 Å². The fourth-order valence-electron chi connectivity index (χ4n) is 4.82. The third kappa shape index (κ3) is 5.58. The van der Waals surface area contributed by atoms with Crippen molar-refractivity contribution < 1.29 is 14.7 Å². The molecule has 5 rings (SSSR count). The predicted octanol–water partition coefficient (Wildman–Crippen LogP) is 6.89. The zero-order valence-electron chi connectivity index (χ0n) is 21.1. The van der Waals surface area contributed by atoms with Gasteiger partial charge in [0.15, 0.2) is 0 Å². The molecule has 1 saturated carbocycles. The van der Waals surface area contributed by atoms with E-state index >= 15 is 0 Å². The Kier molecular flexibility index (Phi) is 7.47. The first-order valence-corrected chi connectivity index (χ1v) is 13.1. The maximum absolute atomic E-state index is 13.3. The minimum atomic E-state index is -0.360. The highest BCUT2D eigenvalue weighted by Crippen LogP contribution is 2.38. The van der Waals surface area contributed by atoms with Gasteiger partial charge in [0, 0.05) is 34.3 Å². The first kappa shape index (κ1) is 25.5. The lowest BCUT2D eigenvalue weighted by molar-refractivity contribution is 0.102. The van der Waals surface area contributed by atoms with Gasteiger partial charge in [-0.25, -0.2) is 4.79 Å². The number of carbonyl (C=O) groups excluding carboxylic acids is 2. The van der Waals surface area contributed by atoms with Crippen LogP contribution in [0.15, 0.2) is 72.8 Å². The molecule has 4 aromatic rings. The van der Waals surface area contributed by atoms with Crippen LogP contribution in [0.1, 0.15) is 58.8 Å². The quantitative estimate of drug-likeness (QED) is 0.237. The zero-order chi connectivity index (χ0) is 26.6. The molecule has 0 bridgehead atoms. The number of nitrogens with zero attached hydrogens (tertiary/aromatic N) is 2. The highest BCUT2D eigenvalue weighted by molar-refractivity contribution is 6.31. The molecule has 2 amide bonds. The van der Waals surface area contributed by atoms with Crippen molar-refractivity contribution >= 4 is 29.2 Å². The van der Waals surface area contributed by atoms with Gasteiger partial charge >= 0.3 is 6.03 Å². The molecule has 0 spiro atoms. The van der Waals surface area contributed by atoms with Gasteiger partial charge in [0.25, 0.3) is 5.91 Å². The molecule has 38 heavy (non-hydrogen) atoms. The molecule has 3 aromatic carbocycles. The maximum Gasteiger partial charge on any atom is 0.342 e. The number of halogens is 1. The number of aromatic hydroxyl groups is 1. The van der Waals surface area contributed by atoms with Crippen LogP contribution in [-0.2, 0) is 6.54 Å². The van der Waals surface area contributed by atoms with Crippen molar-refractivity contribution in [3.63, 3.8) is 0 Å². The Morgan fingerprint density at radius 1 is 1.03 bits per heavy atom. The number of benzene rings is 3. The van der Waals surface area contributed by atoms with Crippen molar-refractivity contribution in [1.82, 2.24) is 15.1 Å². The van der Waals surface area contributed by atoms with E-state index in [1.165, 1.54) is 10.7 Å². The van der Waals surface area contributed by atoms with Crippen molar-refractivity contribution in [2.75, 3.05) is 5.32 Å². The number of nitrogens with one attached hydrogen (secondary N) is 2. The number of anilines is 1. The van der Waals surface area contributed by atoms with Gasteiger partial charge in [-0.1, -0.05) is 60.3 Å². The number of phenolic OH excluding ortho intramolecular Hbond substituents is 1. The molecule has 0 aliphatic heterocycles. The summed E-state index contributed by atoms with van der Waals surface area (Å²) in [6, 6.07) is 21.0. The van der Waals surface area contributed by atoms with E-state index < -0.39 is 0 Å². The van der Waals surface area contributed by atoms with Crippen molar-refractivity contribution in [2.45, 2.75) is 45.1 Å². The van der Waals surface area contributed by atoms with E-state index in [2.05, 4.69) is 15.7 Å². The fourth-order valence-corrected chi connectivity index (χ4v) is 5.02. The predicted molar refractivity (Wildman–Crippen MR) is 149 cm³/mol. The first-order valence-electron chi connectivity index (χ1n) is 12.7. The van der Waals surface area contributed by atoms with E-state index in [9.17, 15) is 14.7 Å². The molecule has 1 aliphatic carbocycles. The van der Waals surface area contributed by atoms with Crippen molar-refractivity contribution in [3.05, 3.63) is 100 Å². The number of rotatable bonds is 6. The Labute approximate surface area is 226 Å². The monoisotopic (exact) mass is 528 g/mol. The fraction of sp³-hybridized carbons (Fsp3) is 0.233. The van der Waals surface area contributed by atoms with Gasteiger partial charge in [-0.2, -0.15) is 9.78 Å². The second-order valence-electron chi connectivity index (χ2n) is 9.65. The van der Waals surface area contributed by atoms with Gasteiger partial charge in [-0.05, 0) is 67.8 Å². The number of amides is 2. The number of carbonyl (C=O) groups is 2. The Morgan fingerprint density at radius 3 is 2.50 bits per heavy atom. The van der Waals surface area contributed by atoms with Crippen molar-refractivity contribution in [3.8, 4) is 17.0 Å². The zero-order valence-corrected chi connectivity index (χ0v) is 21.8. The Bertz CT molecular complexity index is 1470. The molecule has 194 valence electrons. The number of hydrogen-bond acceptors (Lipinski definition) is 4. The van der Waals surface area contributed by atoms with E-state index in [4.69, 9.17) is 11.6 Å². The van der Waals surface area contributed by atoms with Gasteiger partial charge in [0.05, 0.1) is 11.4 Å². The summed E-state index contributed by atoms with van der Waals surface area (Å²) in [6.45, 7) is 2.23. The van der Waals surface area contributed by atoms with Crippen LogP contribution in [-0.4, -0.2) is 26.8 Å². The van der Waals surface area contributed by atoms with Gasteiger partial charge in [-0.15, -0.1) is 0 Å². The van der Waals surface area contributed by atoms with Crippen LogP contribution in [0.5, 0.6) is 5.75 Å². The van der Waals surface area contributed by atoms with Crippen LogP contribution < -0.4 is 10.6 Å². The van der Waals surface area contributed by atoms with Gasteiger partial charge < -0.3 is 15.7 Å². The number of phenols is 1. The minimum Gasteiger partial charge on any atom is -0.507 e. The number of hydrogen-bond donors (Lipinski definition) is 3. The second kappa shape index (κ2) is 11.1. The summed E-state index contributed by atoms with van der Waals surface area (Å²) in [6.07, 6.45) is 4.14. The third-order valence-electron chi connectivity index (χ3n) is 6.93. The van der Waals surface area contributed by atoms with Crippen LogP contribution in [0.25, 0.3) is 11.3 Å². The summed E-state index contributed by atoms with van der Waals surface area (Å²) in [5.74, 6) is -0.0379. The molecule has 3 N–H and O–H groups in total. The van der Waals surface area contributed by atoms with E-state index in [-0.39, 0.29) is 30.2 Å². The molecule has 1 fully saturated rings. The lowest BCUT2D eigenvalue weighted by Crippen LogP contribution is -2.30. The van der Waals surface area contributed by atoms with Crippen LogP contribution >= 0.6 is 11.6 Å². The molecule has 1 aliphatic rings. The van der Waals surface area contributed by atoms with E-state index in [0.29, 0.717) is 27.5 Å². The Balaban J connectivity index is 1.42. The highest BCUT2D eigenvalue weighted by atomic mass is 35.5. The standard InChI is InChI=1S/C30H29ClN4O3/c1-19-10-12-21(13-11-19)29(37)33-23-14-15-28(36)24(16-23)26-17-27(20-6-2-3-7-20)35(34-26)30(38)32-18-22-8-4-5-9-25(22)31/h4-5,8-17,20,36H,2-3,6-7,18H2,1H3,(H,32,38)(H,33,37). The number of aryl methyl sites for hydroxylation is 1. The molecular weight excluding hydrogens is 500 g/mol. The molecule has 0 saturated heterocycles. The molecule has 1 heterocycles. The van der Waals surface area contributed by atoms with Crippen LogP contribution in [0, 0.1) is 6.92 Å². The van der Waals surface area contributed by atoms with E-state index in [1.54, 1.807) is 30.3 Å². The van der Waals surface area contributed by atoms with Crippen LogP contribution in [0.3, 0.4) is 0 Å². The SMILES string of the molecule is Cc1ccc(C(=O)Nc2ccc(O)c(-c3cc(C4CCCC4)n(C(=O)NCc4ccccc4Cl)n3)c2)cc1. The summed E-state index contributed by atoms with van der Waals surface area (Å²) in [5.41, 5.74) is 4.64.